The number of nitro groups is 1. The van der Waals surface area contributed by atoms with Gasteiger partial charge in [-0.1, -0.05) is 71.8 Å². The lowest BCUT2D eigenvalue weighted by Crippen LogP contribution is -2.22. The van der Waals surface area contributed by atoms with Gasteiger partial charge in [0.25, 0.3) is 5.69 Å². The van der Waals surface area contributed by atoms with Gasteiger partial charge in [-0.3, -0.25) is 10.1 Å². The third kappa shape index (κ3) is 5.84. The Hall–Kier alpha value is -3.61. The van der Waals surface area contributed by atoms with Crippen LogP contribution < -0.4 is 15.4 Å². The number of benzene rings is 4. The lowest BCUT2D eigenvalue weighted by atomic mass is 10.0. The maximum absolute atomic E-state index is 10.9. The number of aryl methyl sites for hydroxylation is 1. The molecule has 0 aliphatic heterocycles. The Kier molecular flexibility index (Phi) is 7.62. The second-order valence-corrected chi connectivity index (χ2v) is 8.47. The van der Waals surface area contributed by atoms with Crippen molar-refractivity contribution in [2.75, 3.05) is 18.4 Å². The van der Waals surface area contributed by atoms with Crippen molar-refractivity contribution >= 4 is 33.7 Å². The van der Waals surface area contributed by atoms with E-state index in [9.17, 15) is 10.1 Å². The number of non-ortho nitro benzene ring substituents is 1. The van der Waals surface area contributed by atoms with Crippen LogP contribution in [-0.4, -0.2) is 18.0 Å². The third-order valence-electron chi connectivity index (χ3n) is 5.60. The highest BCUT2D eigenvalue weighted by Gasteiger charge is 2.11. The second-order valence-electron chi connectivity index (χ2n) is 8.06. The zero-order valence-electron chi connectivity index (χ0n) is 18.9. The Morgan fingerprint density at radius 3 is 2.53 bits per heavy atom. The summed E-state index contributed by atoms with van der Waals surface area (Å²) >= 11 is 6.16. The van der Waals surface area contributed by atoms with E-state index in [1.165, 1.54) is 17.7 Å². The SMILES string of the molecule is Cc1ccc(COc2ccc3ccccc3c2CNCCNc2ccc([N+](=O)[O-])cc2Cl)cc1. The van der Waals surface area contributed by atoms with Gasteiger partial charge in [-0.15, -0.1) is 0 Å². The van der Waals surface area contributed by atoms with Gasteiger partial charge >= 0.3 is 0 Å². The van der Waals surface area contributed by atoms with Crippen LogP contribution in [0.25, 0.3) is 10.8 Å². The fourth-order valence-electron chi connectivity index (χ4n) is 3.74. The molecular formula is C27H26ClN3O3. The topological polar surface area (TPSA) is 76.4 Å². The molecule has 4 aromatic rings. The van der Waals surface area contributed by atoms with Gasteiger partial charge in [-0.2, -0.15) is 0 Å². The van der Waals surface area contributed by atoms with Gasteiger partial charge in [0.15, 0.2) is 0 Å². The monoisotopic (exact) mass is 475 g/mol. The first kappa shape index (κ1) is 23.5. The molecule has 6 nitrogen and oxygen atoms in total. The van der Waals surface area contributed by atoms with Crippen LogP contribution in [0, 0.1) is 17.0 Å². The molecule has 4 rings (SSSR count). The molecule has 7 heteroatoms. The second kappa shape index (κ2) is 11.0. The van der Waals surface area contributed by atoms with Crippen LogP contribution in [0.4, 0.5) is 11.4 Å². The number of fused-ring (bicyclic) bond motifs is 1. The van der Waals surface area contributed by atoms with Crippen molar-refractivity contribution in [3.05, 3.63) is 111 Å². The number of nitro benzene ring substituents is 1. The maximum atomic E-state index is 10.9. The van der Waals surface area contributed by atoms with Crippen LogP contribution in [-0.2, 0) is 13.2 Å². The highest BCUT2D eigenvalue weighted by Crippen LogP contribution is 2.29. The van der Waals surface area contributed by atoms with Gasteiger partial charge in [-0.25, -0.2) is 0 Å². The molecule has 0 spiro atoms. The highest BCUT2D eigenvalue weighted by atomic mass is 35.5. The first-order valence-corrected chi connectivity index (χ1v) is 11.5. The average Bonchev–Trinajstić information content (AvgIpc) is 2.84. The van der Waals surface area contributed by atoms with E-state index in [4.69, 9.17) is 16.3 Å². The Bertz CT molecular complexity index is 1290. The van der Waals surface area contributed by atoms with Gasteiger partial charge in [0, 0.05) is 37.3 Å². The summed E-state index contributed by atoms with van der Waals surface area (Å²) in [6.45, 7) is 4.50. The van der Waals surface area contributed by atoms with Crippen LogP contribution in [0.3, 0.4) is 0 Å². The number of nitrogens with one attached hydrogen (secondary N) is 2. The molecule has 0 fully saturated rings. The summed E-state index contributed by atoms with van der Waals surface area (Å²) in [7, 11) is 0. The largest absolute Gasteiger partial charge is 0.489 e. The van der Waals surface area contributed by atoms with Crippen molar-refractivity contribution in [3.63, 3.8) is 0 Å². The number of halogens is 1. The molecule has 0 unspecified atom stereocenters. The molecular weight excluding hydrogens is 450 g/mol. The molecule has 2 N–H and O–H groups in total. The predicted molar refractivity (Wildman–Crippen MR) is 138 cm³/mol. The van der Waals surface area contributed by atoms with Crippen molar-refractivity contribution in [1.82, 2.24) is 5.32 Å². The van der Waals surface area contributed by atoms with Crippen molar-refractivity contribution in [1.29, 1.82) is 0 Å². The van der Waals surface area contributed by atoms with Crippen molar-refractivity contribution in [3.8, 4) is 5.75 Å². The van der Waals surface area contributed by atoms with Crippen LogP contribution >= 0.6 is 11.6 Å². The van der Waals surface area contributed by atoms with Crippen LogP contribution in [0.15, 0.2) is 78.9 Å². The van der Waals surface area contributed by atoms with Gasteiger partial charge in [0.05, 0.1) is 15.6 Å². The zero-order chi connectivity index (χ0) is 23.9. The highest BCUT2D eigenvalue weighted by molar-refractivity contribution is 6.33. The molecule has 0 aliphatic rings. The minimum atomic E-state index is -0.458. The molecule has 0 aromatic heterocycles. The van der Waals surface area contributed by atoms with E-state index in [1.54, 1.807) is 6.07 Å². The third-order valence-corrected chi connectivity index (χ3v) is 5.91. The number of anilines is 1. The summed E-state index contributed by atoms with van der Waals surface area (Å²) in [5.41, 5.74) is 4.10. The molecule has 0 radical (unpaired) electrons. The van der Waals surface area contributed by atoms with Gasteiger partial charge in [-0.05, 0) is 35.4 Å². The summed E-state index contributed by atoms with van der Waals surface area (Å²) < 4.78 is 6.22. The van der Waals surface area contributed by atoms with E-state index in [-0.39, 0.29) is 5.69 Å². The Labute approximate surface area is 203 Å². The minimum Gasteiger partial charge on any atom is -0.489 e. The first-order valence-electron chi connectivity index (χ1n) is 11.1. The number of nitrogens with zero attached hydrogens (tertiary/aromatic N) is 1. The van der Waals surface area contributed by atoms with E-state index < -0.39 is 4.92 Å². The zero-order valence-corrected chi connectivity index (χ0v) is 19.6. The number of hydrogen-bond acceptors (Lipinski definition) is 5. The summed E-state index contributed by atoms with van der Waals surface area (Å²) in [6, 6.07) is 25.2. The summed E-state index contributed by atoms with van der Waals surface area (Å²) in [5, 5.41) is 20.2. The maximum Gasteiger partial charge on any atom is 0.271 e. The average molecular weight is 476 g/mol. The summed E-state index contributed by atoms with van der Waals surface area (Å²) in [5.74, 6) is 0.859. The molecule has 4 aromatic carbocycles. The quantitative estimate of drug-likeness (QED) is 0.156. The Balaban J connectivity index is 1.39. The van der Waals surface area contributed by atoms with Gasteiger partial charge < -0.3 is 15.4 Å². The molecule has 0 saturated carbocycles. The Morgan fingerprint density at radius 2 is 1.76 bits per heavy atom. The van der Waals surface area contributed by atoms with E-state index >= 15 is 0 Å². The van der Waals surface area contributed by atoms with Crippen LogP contribution in [0.2, 0.25) is 5.02 Å². The Morgan fingerprint density at radius 1 is 0.971 bits per heavy atom. The molecule has 0 saturated heterocycles. The van der Waals surface area contributed by atoms with Crippen molar-refractivity contribution in [2.24, 2.45) is 0 Å². The van der Waals surface area contributed by atoms with E-state index in [0.717, 1.165) is 27.6 Å². The molecule has 0 bridgehead atoms. The normalized spacial score (nSPS) is 10.9. The number of hydrogen-bond donors (Lipinski definition) is 2. The van der Waals surface area contributed by atoms with Crippen molar-refractivity contribution < 1.29 is 9.66 Å². The molecule has 34 heavy (non-hydrogen) atoms. The first-order chi connectivity index (χ1) is 16.5. The lowest BCUT2D eigenvalue weighted by Gasteiger charge is -2.16. The smallest absolute Gasteiger partial charge is 0.271 e. The molecule has 0 aliphatic carbocycles. The fourth-order valence-corrected chi connectivity index (χ4v) is 3.98. The van der Waals surface area contributed by atoms with E-state index in [0.29, 0.717) is 37.0 Å². The van der Waals surface area contributed by atoms with E-state index in [1.807, 2.05) is 18.2 Å². The summed E-state index contributed by atoms with van der Waals surface area (Å²) in [6.07, 6.45) is 0. The standard InChI is InChI=1S/C27H26ClN3O3/c1-19-6-8-20(9-7-19)18-34-27-13-10-21-4-2-3-5-23(21)24(27)17-29-14-15-30-26-12-11-22(31(32)33)16-25(26)28/h2-13,16,29-30H,14-15,17-18H2,1H3. The van der Waals surface area contributed by atoms with E-state index in [2.05, 4.69) is 60.0 Å². The summed E-state index contributed by atoms with van der Waals surface area (Å²) in [4.78, 5) is 10.4. The molecule has 174 valence electrons. The van der Waals surface area contributed by atoms with Crippen molar-refractivity contribution in [2.45, 2.75) is 20.1 Å². The molecule has 0 heterocycles. The number of ether oxygens (including phenoxy) is 1. The fraction of sp³-hybridized carbons (Fsp3) is 0.185. The molecule has 0 atom stereocenters. The van der Waals surface area contributed by atoms with Gasteiger partial charge in [0.1, 0.15) is 12.4 Å². The molecule has 0 amide bonds. The number of rotatable bonds is 10. The minimum absolute atomic E-state index is 0.0252. The van der Waals surface area contributed by atoms with Crippen LogP contribution in [0.1, 0.15) is 16.7 Å². The lowest BCUT2D eigenvalue weighted by molar-refractivity contribution is -0.384. The van der Waals surface area contributed by atoms with Gasteiger partial charge in [0.2, 0.25) is 0 Å². The predicted octanol–water partition coefficient (Wildman–Crippen LogP) is 6.49. The van der Waals surface area contributed by atoms with Crippen LogP contribution in [0.5, 0.6) is 5.75 Å².